The van der Waals surface area contributed by atoms with E-state index < -0.39 is 76.8 Å². The first-order chi connectivity index (χ1) is 11.6. The summed E-state index contributed by atoms with van der Waals surface area (Å²) < 4.78 is 64.6. The molecular weight excluding hydrogens is 348 g/mol. The summed E-state index contributed by atoms with van der Waals surface area (Å²) in [6.45, 7) is 1.31. The predicted octanol–water partition coefficient (Wildman–Crippen LogP) is 2.79. The van der Waals surface area contributed by atoms with E-state index in [1.54, 1.807) is 0 Å². The van der Waals surface area contributed by atoms with Crippen LogP contribution in [0.1, 0.15) is 25.0 Å². The van der Waals surface area contributed by atoms with Crippen LogP contribution in [-0.4, -0.2) is 24.2 Å². The molecule has 0 unspecified atom stereocenters. The zero-order valence-electron chi connectivity index (χ0n) is 13.7. The zero-order chi connectivity index (χ0) is 19.1. The lowest BCUT2D eigenvalue weighted by atomic mass is 10.1. The second-order valence-corrected chi connectivity index (χ2v) is 6.37. The molecule has 5 nitrogen and oxygen atoms in total. The standard InChI is InChI=1S/C16H16F4O5/c1-16(2)8(14(21)22)9(16)15(23)25-5-7-12(19)10(17)6(4-24-3)11(18)13(7)20/h8-9H,4-5H2,1-3H3,(H,21,22)/t8-,9-/m0/s1. The molecule has 1 aromatic rings. The van der Waals surface area contributed by atoms with Crippen molar-refractivity contribution in [1.82, 2.24) is 0 Å². The molecule has 2 atom stereocenters. The van der Waals surface area contributed by atoms with E-state index in [0.29, 0.717) is 0 Å². The van der Waals surface area contributed by atoms with E-state index in [-0.39, 0.29) is 0 Å². The molecule has 0 bridgehead atoms. The van der Waals surface area contributed by atoms with Gasteiger partial charge in [-0.25, -0.2) is 17.6 Å². The van der Waals surface area contributed by atoms with Crippen LogP contribution in [0.15, 0.2) is 0 Å². The summed E-state index contributed by atoms with van der Waals surface area (Å²) in [6, 6.07) is 0. The van der Waals surface area contributed by atoms with Crippen molar-refractivity contribution in [1.29, 1.82) is 0 Å². The molecule has 1 N–H and O–H groups in total. The van der Waals surface area contributed by atoms with Gasteiger partial charge in [0.1, 0.15) is 6.61 Å². The van der Waals surface area contributed by atoms with E-state index in [0.717, 1.165) is 7.11 Å². The Hall–Kier alpha value is -2.16. The van der Waals surface area contributed by atoms with Gasteiger partial charge >= 0.3 is 11.9 Å². The number of benzene rings is 1. The Morgan fingerprint density at radius 3 is 1.76 bits per heavy atom. The molecule has 0 aromatic heterocycles. The number of halogens is 4. The van der Waals surface area contributed by atoms with Crippen molar-refractivity contribution in [2.75, 3.05) is 7.11 Å². The van der Waals surface area contributed by atoms with Crippen molar-refractivity contribution >= 4 is 11.9 Å². The highest BCUT2D eigenvalue weighted by atomic mass is 19.2. The molecule has 0 amide bonds. The number of aliphatic carboxylic acids is 1. The third-order valence-electron chi connectivity index (χ3n) is 4.44. The number of rotatable bonds is 6. The molecule has 0 saturated heterocycles. The number of ether oxygens (including phenoxy) is 2. The second-order valence-electron chi connectivity index (χ2n) is 6.37. The van der Waals surface area contributed by atoms with Crippen LogP contribution >= 0.6 is 0 Å². The zero-order valence-corrected chi connectivity index (χ0v) is 13.7. The molecule has 25 heavy (non-hydrogen) atoms. The van der Waals surface area contributed by atoms with E-state index in [1.807, 2.05) is 0 Å². The minimum absolute atomic E-state index is 0.678. The molecule has 9 heteroatoms. The number of carbonyl (C=O) groups excluding carboxylic acids is 1. The smallest absolute Gasteiger partial charge is 0.310 e. The van der Waals surface area contributed by atoms with Crippen LogP contribution in [0.4, 0.5) is 17.6 Å². The highest BCUT2D eigenvalue weighted by molar-refractivity contribution is 5.88. The number of carboxylic acid groups (broad SMARTS) is 1. The number of methoxy groups -OCH3 is 1. The predicted molar refractivity (Wildman–Crippen MR) is 75.2 cm³/mol. The Bertz CT molecular complexity index is 703. The summed E-state index contributed by atoms with van der Waals surface area (Å²) in [7, 11) is 1.10. The maximum atomic E-state index is 13.9. The van der Waals surface area contributed by atoms with Crippen LogP contribution in [0.3, 0.4) is 0 Å². The van der Waals surface area contributed by atoms with Crippen molar-refractivity contribution < 1.29 is 41.7 Å². The minimum atomic E-state index is -1.69. The third-order valence-corrected chi connectivity index (χ3v) is 4.44. The van der Waals surface area contributed by atoms with Gasteiger partial charge in [-0.05, 0) is 5.41 Å². The Morgan fingerprint density at radius 1 is 0.960 bits per heavy atom. The molecule has 1 aromatic carbocycles. The first-order valence-electron chi connectivity index (χ1n) is 7.27. The number of carboxylic acids is 1. The van der Waals surface area contributed by atoms with E-state index >= 15 is 0 Å². The SMILES string of the molecule is COCc1c(F)c(F)c(COC(=O)[C@@H]2[C@@H](C(=O)O)C2(C)C)c(F)c1F. The summed E-state index contributed by atoms with van der Waals surface area (Å²) >= 11 is 0. The molecule has 138 valence electrons. The maximum absolute atomic E-state index is 13.9. The molecule has 0 radical (unpaired) electrons. The van der Waals surface area contributed by atoms with Crippen molar-refractivity contribution in [3.63, 3.8) is 0 Å². The molecule has 1 aliphatic carbocycles. The van der Waals surface area contributed by atoms with Gasteiger partial charge in [-0.15, -0.1) is 0 Å². The lowest BCUT2D eigenvalue weighted by Gasteiger charge is -2.12. The van der Waals surface area contributed by atoms with Gasteiger partial charge in [-0.2, -0.15) is 0 Å². The summed E-state index contributed by atoms with van der Waals surface area (Å²) in [4.78, 5) is 23.0. The Balaban J connectivity index is 2.19. The van der Waals surface area contributed by atoms with Gasteiger partial charge < -0.3 is 14.6 Å². The normalized spacial score (nSPS) is 21.1. The first kappa shape index (κ1) is 19.2. The molecule has 1 fully saturated rings. The largest absolute Gasteiger partial charge is 0.481 e. The Labute approximate surface area is 140 Å². The van der Waals surface area contributed by atoms with Crippen LogP contribution in [0.5, 0.6) is 0 Å². The quantitative estimate of drug-likeness (QED) is 0.477. The van der Waals surface area contributed by atoms with Gasteiger partial charge in [0.05, 0.1) is 29.6 Å². The second kappa shape index (κ2) is 6.62. The molecular formula is C16H16F4O5. The topological polar surface area (TPSA) is 72.8 Å². The fraction of sp³-hybridized carbons (Fsp3) is 0.500. The summed E-state index contributed by atoms with van der Waals surface area (Å²) in [6.07, 6.45) is 0. The molecule has 1 saturated carbocycles. The number of hydrogen-bond acceptors (Lipinski definition) is 4. The van der Waals surface area contributed by atoms with Crippen LogP contribution < -0.4 is 0 Å². The maximum Gasteiger partial charge on any atom is 0.310 e. The van der Waals surface area contributed by atoms with Gasteiger partial charge in [-0.3, -0.25) is 9.59 Å². The molecule has 0 spiro atoms. The van der Waals surface area contributed by atoms with Gasteiger partial charge in [0, 0.05) is 7.11 Å². The highest BCUT2D eigenvalue weighted by Gasteiger charge is 2.66. The number of esters is 1. The summed E-state index contributed by atoms with van der Waals surface area (Å²) in [5.41, 5.74) is -2.88. The van der Waals surface area contributed by atoms with Crippen molar-refractivity contribution in [2.45, 2.75) is 27.1 Å². The van der Waals surface area contributed by atoms with E-state index in [1.165, 1.54) is 13.8 Å². The van der Waals surface area contributed by atoms with Gasteiger partial charge in [0.25, 0.3) is 0 Å². The van der Waals surface area contributed by atoms with E-state index in [4.69, 9.17) is 9.84 Å². The van der Waals surface area contributed by atoms with E-state index in [9.17, 15) is 27.2 Å². The minimum Gasteiger partial charge on any atom is -0.481 e. The van der Waals surface area contributed by atoms with E-state index in [2.05, 4.69) is 4.74 Å². The van der Waals surface area contributed by atoms with Gasteiger partial charge in [0.2, 0.25) is 0 Å². The first-order valence-corrected chi connectivity index (χ1v) is 7.27. The fourth-order valence-electron chi connectivity index (χ4n) is 2.89. The average Bonchev–Trinajstić information content (AvgIpc) is 3.12. The lowest BCUT2D eigenvalue weighted by Crippen LogP contribution is -2.15. The number of carbonyl (C=O) groups is 2. The third kappa shape index (κ3) is 3.20. The number of hydrogen-bond donors (Lipinski definition) is 1. The highest BCUT2D eigenvalue weighted by Crippen LogP contribution is 2.58. The molecule has 0 aliphatic heterocycles. The van der Waals surface area contributed by atoms with Crippen LogP contribution in [0.25, 0.3) is 0 Å². The van der Waals surface area contributed by atoms with Crippen molar-refractivity contribution in [3.8, 4) is 0 Å². The summed E-state index contributed by atoms with van der Waals surface area (Å²) in [5, 5.41) is 9.00. The Morgan fingerprint density at radius 2 is 1.40 bits per heavy atom. The monoisotopic (exact) mass is 364 g/mol. The molecule has 0 heterocycles. The summed E-state index contributed by atoms with van der Waals surface area (Å²) in [5.74, 6) is -10.9. The van der Waals surface area contributed by atoms with Crippen LogP contribution in [0, 0.1) is 40.5 Å². The Kier molecular flexibility index (Phi) is 5.08. The van der Waals surface area contributed by atoms with Crippen LogP contribution in [0.2, 0.25) is 0 Å². The average molecular weight is 364 g/mol. The van der Waals surface area contributed by atoms with Crippen LogP contribution in [-0.2, 0) is 32.3 Å². The molecule has 2 rings (SSSR count). The molecule has 1 aliphatic rings. The van der Waals surface area contributed by atoms with Crippen molar-refractivity contribution in [3.05, 3.63) is 34.4 Å². The van der Waals surface area contributed by atoms with Crippen molar-refractivity contribution in [2.24, 2.45) is 17.3 Å². The lowest BCUT2D eigenvalue weighted by molar-refractivity contribution is -0.150. The van der Waals surface area contributed by atoms with Gasteiger partial charge in [0.15, 0.2) is 23.3 Å². The fourth-order valence-corrected chi connectivity index (χ4v) is 2.89. The van der Waals surface area contributed by atoms with Gasteiger partial charge in [-0.1, -0.05) is 13.8 Å².